The molecule has 0 aromatic heterocycles. The number of aryl methyl sites for hydroxylation is 1. The van der Waals surface area contributed by atoms with Gasteiger partial charge in [-0.2, -0.15) is 0 Å². The highest BCUT2D eigenvalue weighted by atomic mass is 19.1. The summed E-state index contributed by atoms with van der Waals surface area (Å²) in [6, 6.07) is 11.3. The van der Waals surface area contributed by atoms with Gasteiger partial charge in [0.2, 0.25) is 5.91 Å². The van der Waals surface area contributed by atoms with Gasteiger partial charge < -0.3 is 11.1 Å². The number of halogens is 1. The number of nitrogens with two attached hydrogens (primary N) is 1. The predicted octanol–water partition coefficient (Wildman–Crippen LogP) is 2.90. The van der Waals surface area contributed by atoms with E-state index in [4.69, 9.17) is 5.73 Å². The largest absolute Gasteiger partial charge is 0.397 e. The second-order valence-corrected chi connectivity index (χ2v) is 4.44. The van der Waals surface area contributed by atoms with Crippen LogP contribution >= 0.6 is 0 Å². The van der Waals surface area contributed by atoms with Crippen molar-refractivity contribution in [1.82, 2.24) is 0 Å². The van der Waals surface area contributed by atoms with Crippen molar-refractivity contribution in [3.63, 3.8) is 0 Å². The molecule has 0 aliphatic carbocycles. The fourth-order valence-electron chi connectivity index (χ4n) is 1.78. The van der Waals surface area contributed by atoms with Crippen LogP contribution in [0.1, 0.15) is 11.1 Å². The molecule has 0 spiro atoms. The second-order valence-electron chi connectivity index (χ2n) is 4.44. The Morgan fingerprint density at radius 2 is 1.89 bits per heavy atom. The molecule has 2 aromatic rings. The predicted molar refractivity (Wildman–Crippen MR) is 74.3 cm³/mol. The van der Waals surface area contributed by atoms with Gasteiger partial charge in [0.1, 0.15) is 5.82 Å². The molecule has 4 heteroatoms. The molecule has 2 aromatic carbocycles. The summed E-state index contributed by atoms with van der Waals surface area (Å²) in [5.74, 6) is -0.492. The maximum Gasteiger partial charge on any atom is 0.228 e. The highest BCUT2D eigenvalue weighted by molar-refractivity contribution is 5.95. The van der Waals surface area contributed by atoms with Crippen molar-refractivity contribution in [1.29, 1.82) is 0 Å². The lowest BCUT2D eigenvalue weighted by Crippen LogP contribution is -2.15. The Labute approximate surface area is 111 Å². The van der Waals surface area contributed by atoms with Crippen LogP contribution in [-0.4, -0.2) is 5.91 Å². The molecule has 3 nitrogen and oxygen atoms in total. The van der Waals surface area contributed by atoms with Crippen molar-refractivity contribution in [2.24, 2.45) is 0 Å². The number of benzene rings is 2. The molecule has 0 atom stereocenters. The lowest BCUT2D eigenvalue weighted by molar-refractivity contribution is -0.115. The van der Waals surface area contributed by atoms with Crippen molar-refractivity contribution >= 4 is 17.3 Å². The van der Waals surface area contributed by atoms with Crippen LogP contribution in [0.4, 0.5) is 15.8 Å². The molecule has 0 fully saturated rings. The molecule has 0 aliphatic rings. The first-order valence-electron chi connectivity index (χ1n) is 5.95. The van der Waals surface area contributed by atoms with Crippen LogP contribution in [0.5, 0.6) is 0 Å². The summed E-state index contributed by atoms with van der Waals surface area (Å²) in [5, 5.41) is 2.74. The van der Waals surface area contributed by atoms with E-state index >= 15 is 0 Å². The zero-order valence-electron chi connectivity index (χ0n) is 10.6. The van der Waals surface area contributed by atoms with Gasteiger partial charge in [0, 0.05) is 0 Å². The molecule has 0 saturated carbocycles. The van der Waals surface area contributed by atoms with Crippen molar-refractivity contribution < 1.29 is 9.18 Å². The summed E-state index contributed by atoms with van der Waals surface area (Å²) in [5.41, 5.74) is 8.74. The quantitative estimate of drug-likeness (QED) is 0.832. The third-order valence-electron chi connectivity index (χ3n) is 2.76. The Hall–Kier alpha value is -2.36. The number of amides is 1. The molecule has 0 radical (unpaired) electrons. The van der Waals surface area contributed by atoms with E-state index in [9.17, 15) is 9.18 Å². The Bertz CT molecular complexity index is 594. The molecule has 0 heterocycles. The first kappa shape index (κ1) is 13.1. The van der Waals surface area contributed by atoms with Crippen molar-refractivity contribution in [2.45, 2.75) is 13.3 Å². The lowest BCUT2D eigenvalue weighted by atomic mass is 10.1. The summed E-state index contributed by atoms with van der Waals surface area (Å²) < 4.78 is 12.7. The highest BCUT2D eigenvalue weighted by Gasteiger charge is 2.06. The number of hydrogen-bond donors (Lipinski definition) is 2. The van der Waals surface area contributed by atoms with Gasteiger partial charge in [0.05, 0.1) is 17.8 Å². The minimum absolute atomic E-state index is 0.179. The molecule has 3 N–H and O–H groups in total. The minimum atomic E-state index is -0.313. The van der Waals surface area contributed by atoms with Crippen molar-refractivity contribution in [3.8, 4) is 0 Å². The smallest absolute Gasteiger partial charge is 0.228 e. The zero-order chi connectivity index (χ0) is 13.8. The standard InChI is InChI=1S/C15H15FN2O/c1-10-2-7-14(13(17)8-10)18-15(19)9-11-3-5-12(16)6-4-11/h2-8H,9,17H2,1H3,(H,18,19). The van der Waals surface area contributed by atoms with E-state index in [2.05, 4.69) is 5.32 Å². The Morgan fingerprint density at radius 1 is 1.21 bits per heavy atom. The number of nitrogens with one attached hydrogen (secondary N) is 1. The first-order valence-corrected chi connectivity index (χ1v) is 5.95. The van der Waals surface area contributed by atoms with Gasteiger partial charge in [0.25, 0.3) is 0 Å². The summed E-state index contributed by atoms with van der Waals surface area (Å²) in [7, 11) is 0. The van der Waals surface area contributed by atoms with E-state index in [0.717, 1.165) is 11.1 Å². The normalized spacial score (nSPS) is 10.2. The highest BCUT2D eigenvalue weighted by Crippen LogP contribution is 2.19. The maximum atomic E-state index is 12.7. The van der Waals surface area contributed by atoms with E-state index in [1.165, 1.54) is 12.1 Å². The van der Waals surface area contributed by atoms with E-state index < -0.39 is 0 Å². The number of anilines is 2. The van der Waals surface area contributed by atoms with Gasteiger partial charge in [-0.3, -0.25) is 4.79 Å². The molecule has 0 saturated heterocycles. The monoisotopic (exact) mass is 258 g/mol. The van der Waals surface area contributed by atoms with Crippen LogP contribution in [0.2, 0.25) is 0 Å². The summed E-state index contributed by atoms with van der Waals surface area (Å²) >= 11 is 0. The average Bonchev–Trinajstić information content (AvgIpc) is 2.36. The fraction of sp³-hybridized carbons (Fsp3) is 0.133. The topological polar surface area (TPSA) is 55.1 Å². The van der Waals surface area contributed by atoms with Gasteiger partial charge in [0.15, 0.2) is 0 Å². The summed E-state index contributed by atoms with van der Waals surface area (Å²) in [6.07, 6.45) is 0.188. The minimum Gasteiger partial charge on any atom is -0.397 e. The zero-order valence-corrected chi connectivity index (χ0v) is 10.6. The van der Waals surface area contributed by atoms with Crippen molar-refractivity contribution in [3.05, 3.63) is 59.4 Å². The Kier molecular flexibility index (Phi) is 3.80. The molecule has 0 aliphatic heterocycles. The number of rotatable bonds is 3. The first-order chi connectivity index (χ1) is 9.04. The molecule has 19 heavy (non-hydrogen) atoms. The van der Waals surface area contributed by atoms with Crippen LogP contribution in [-0.2, 0) is 11.2 Å². The molecule has 2 rings (SSSR count). The van der Waals surface area contributed by atoms with Crippen LogP contribution < -0.4 is 11.1 Å². The maximum absolute atomic E-state index is 12.7. The third-order valence-corrected chi connectivity index (χ3v) is 2.76. The van der Waals surface area contributed by atoms with E-state index in [1.54, 1.807) is 24.3 Å². The Balaban J connectivity index is 2.03. The van der Waals surface area contributed by atoms with Gasteiger partial charge in [-0.1, -0.05) is 18.2 Å². The van der Waals surface area contributed by atoms with Gasteiger partial charge in [-0.25, -0.2) is 4.39 Å². The van der Waals surface area contributed by atoms with Crippen LogP contribution in [0.15, 0.2) is 42.5 Å². The van der Waals surface area contributed by atoms with Crippen LogP contribution in [0.3, 0.4) is 0 Å². The van der Waals surface area contributed by atoms with Crippen LogP contribution in [0, 0.1) is 12.7 Å². The second kappa shape index (κ2) is 5.52. The number of carbonyl (C=O) groups excluding carboxylic acids is 1. The van der Waals surface area contributed by atoms with Gasteiger partial charge >= 0.3 is 0 Å². The van der Waals surface area contributed by atoms with Gasteiger partial charge in [-0.15, -0.1) is 0 Å². The lowest BCUT2D eigenvalue weighted by Gasteiger charge is -2.09. The molecular formula is C15H15FN2O. The molecule has 98 valence electrons. The summed E-state index contributed by atoms with van der Waals surface area (Å²) in [4.78, 5) is 11.8. The number of carbonyl (C=O) groups is 1. The van der Waals surface area contributed by atoms with Crippen molar-refractivity contribution in [2.75, 3.05) is 11.1 Å². The average molecular weight is 258 g/mol. The SMILES string of the molecule is Cc1ccc(NC(=O)Cc2ccc(F)cc2)c(N)c1. The molecule has 1 amide bonds. The molecular weight excluding hydrogens is 243 g/mol. The van der Waals surface area contributed by atoms with Crippen LogP contribution in [0.25, 0.3) is 0 Å². The molecule has 0 bridgehead atoms. The third kappa shape index (κ3) is 3.55. The van der Waals surface area contributed by atoms with E-state index in [1.807, 2.05) is 13.0 Å². The number of nitrogen functional groups attached to an aromatic ring is 1. The summed E-state index contributed by atoms with van der Waals surface area (Å²) in [6.45, 7) is 1.93. The Morgan fingerprint density at radius 3 is 2.53 bits per heavy atom. The van der Waals surface area contributed by atoms with Gasteiger partial charge in [-0.05, 0) is 42.3 Å². The number of hydrogen-bond acceptors (Lipinski definition) is 2. The van der Waals surface area contributed by atoms with E-state index in [-0.39, 0.29) is 18.1 Å². The molecule has 0 unspecified atom stereocenters. The van der Waals surface area contributed by atoms with E-state index in [0.29, 0.717) is 11.4 Å². The fourth-order valence-corrected chi connectivity index (χ4v) is 1.78.